The zero-order chi connectivity index (χ0) is 20.7. The van der Waals surface area contributed by atoms with Crippen molar-refractivity contribution < 1.29 is 0 Å². The molecule has 0 fully saturated rings. The van der Waals surface area contributed by atoms with E-state index in [0.717, 1.165) is 26.5 Å². The van der Waals surface area contributed by atoms with Gasteiger partial charge in [-0.25, -0.2) is 9.36 Å². The van der Waals surface area contributed by atoms with E-state index in [-0.39, 0.29) is 0 Å². The van der Waals surface area contributed by atoms with Crippen molar-refractivity contribution in [2.75, 3.05) is 0 Å². The number of aromatic nitrogens is 3. The van der Waals surface area contributed by atoms with Crippen LogP contribution < -0.4 is 11.2 Å². The molecule has 5 rings (SSSR count). The molecule has 0 amide bonds. The van der Waals surface area contributed by atoms with Gasteiger partial charge in [-0.05, 0) is 35.4 Å². The Morgan fingerprint density at radius 1 is 0.867 bits per heavy atom. The Balaban J connectivity index is 1.74. The number of nitrogens with zero attached hydrogens (tertiary/aromatic N) is 3. The standard InChI is InChI=1S/C24H14N4O2/c25-12-15-4-3-6-16(10-15)17-8-9-20-21(11-17)27-24(30)28(23(20)29)22-14-26-13-18-5-1-2-7-19(18)22/h1-11,13-14H,(H,27,30). The first-order valence-corrected chi connectivity index (χ1v) is 9.28. The molecule has 2 heterocycles. The third-order valence-corrected chi connectivity index (χ3v) is 5.11. The lowest BCUT2D eigenvalue weighted by molar-refractivity contribution is 0.902. The average Bonchev–Trinajstić information content (AvgIpc) is 2.79. The van der Waals surface area contributed by atoms with Gasteiger partial charge < -0.3 is 4.98 Å². The van der Waals surface area contributed by atoms with Crippen LogP contribution in [0, 0.1) is 11.3 Å². The number of nitrogens with one attached hydrogen (secondary N) is 1. The maximum Gasteiger partial charge on any atom is 0.333 e. The molecular weight excluding hydrogens is 376 g/mol. The molecule has 0 saturated carbocycles. The van der Waals surface area contributed by atoms with Gasteiger partial charge in [0.1, 0.15) is 0 Å². The van der Waals surface area contributed by atoms with Gasteiger partial charge >= 0.3 is 5.69 Å². The zero-order valence-electron chi connectivity index (χ0n) is 15.7. The summed E-state index contributed by atoms with van der Waals surface area (Å²) in [6, 6.07) is 22.0. The predicted molar refractivity (Wildman–Crippen MR) is 116 cm³/mol. The molecule has 6 nitrogen and oxygen atoms in total. The predicted octanol–water partition coefficient (Wildman–Crippen LogP) is 3.77. The fourth-order valence-corrected chi connectivity index (χ4v) is 3.66. The summed E-state index contributed by atoms with van der Waals surface area (Å²) < 4.78 is 1.12. The number of pyridine rings is 1. The summed E-state index contributed by atoms with van der Waals surface area (Å²) in [6.07, 6.45) is 3.22. The first-order valence-electron chi connectivity index (χ1n) is 9.28. The van der Waals surface area contributed by atoms with Gasteiger partial charge in [-0.3, -0.25) is 9.78 Å². The third kappa shape index (κ3) is 2.77. The largest absolute Gasteiger partial charge is 0.333 e. The number of fused-ring (bicyclic) bond motifs is 2. The summed E-state index contributed by atoms with van der Waals surface area (Å²) in [5.41, 5.74) is 2.11. The number of rotatable bonds is 2. The van der Waals surface area contributed by atoms with E-state index in [0.29, 0.717) is 22.2 Å². The van der Waals surface area contributed by atoms with E-state index in [9.17, 15) is 9.59 Å². The van der Waals surface area contributed by atoms with Crippen molar-refractivity contribution in [3.63, 3.8) is 0 Å². The molecule has 30 heavy (non-hydrogen) atoms. The maximum atomic E-state index is 13.2. The Morgan fingerprint density at radius 2 is 1.70 bits per heavy atom. The van der Waals surface area contributed by atoms with Crippen LogP contribution in [0.3, 0.4) is 0 Å². The highest BCUT2D eigenvalue weighted by Gasteiger charge is 2.13. The molecule has 0 aliphatic heterocycles. The fourth-order valence-electron chi connectivity index (χ4n) is 3.66. The molecule has 0 saturated heterocycles. The Bertz CT molecular complexity index is 1600. The second kappa shape index (κ2) is 6.83. The van der Waals surface area contributed by atoms with Crippen LogP contribution in [0.5, 0.6) is 0 Å². The lowest BCUT2D eigenvalue weighted by atomic mass is 10.0. The molecule has 142 valence electrons. The van der Waals surface area contributed by atoms with Crippen LogP contribution in [0.1, 0.15) is 5.56 Å². The molecule has 0 atom stereocenters. The summed E-state index contributed by atoms with van der Waals surface area (Å²) in [6.45, 7) is 0. The van der Waals surface area contributed by atoms with Gasteiger partial charge in [-0.2, -0.15) is 5.26 Å². The maximum absolute atomic E-state index is 13.2. The highest BCUT2D eigenvalue weighted by atomic mass is 16.2. The monoisotopic (exact) mass is 390 g/mol. The molecule has 0 aliphatic rings. The van der Waals surface area contributed by atoms with E-state index >= 15 is 0 Å². The van der Waals surface area contributed by atoms with Crippen LogP contribution in [-0.4, -0.2) is 14.5 Å². The van der Waals surface area contributed by atoms with Crippen molar-refractivity contribution in [2.45, 2.75) is 0 Å². The number of hydrogen-bond acceptors (Lipinski definition) is 4. The second-order valence-electron chi connectivity index (χ2n) is 6.90. The molecular formula is C24H14N4O2. The molecule has 0 radical (unpaired) electrons. The highest BCUT2D eigenvalue weighted by molar-refractivity contribution is 5.90. The normalized spacial score (nSPS) is 10.9. The van der Waals surface area contributed by atoms with Crippen LogP contribution in [0.25, 0.3) is 38.5 Å². The number of hydrogen-bond donors (Lipinski definition) is 1. The van der Waals surface area contributed by atoms with E-state index in [1.807, 2.05) is 36.4 Å². The average molecular weight is 390 g/mol. The van der Waals surface area contributed by atoms with Gasteiger partial charge in [-0.1, -0.05) is 42.5 Å². The number of nitriles is 1. The molecule has 6 heteroatoms. The van der Waals surface area contributed by atoms with Crippen LogP contribution in [-0.2, 0) is 0 Å². The number of H-pyrrole nitrogens is 1. The Labute approximate surface area is 170 Å². The van der Waals surface area contributed by atoms with E-state index in [1.54, 1.807) is 36.5 Å². The molecule has 1 N–H and O–H groups in total. The van der Waals surface area contributed by atoms with Gasteiger partial charge in [0.2, 0.25) is 0 Å². The van der Waals surface area contributed by atoms with Gasteiger partial charge in [0.25, 0.3) is 5.56 Å². The Kier molecular flexibility index (Phi) is 4.01. The highest BCUT2D eigenvalue weighted by Crippen LogP contribution is 2.24. The van der Waals surface area contributed by atoms with Crippen LogP contribution in [0.2, 0.25) is 0 Å². The van der Waals surface area contributed by atoms with Crippen molar-refractivity contribution in [1.82, 2.24) is 14.5 Å². The molecule has 0 bridgehead atoms. The topological polar surface area (TPSA) is 91.5 Å². The zero-order valence-corrected chi connectivity index (χ0v) is 15.7. The van der Waals surface area contributed by atoms with Gasteiger partial charge in [0.15, 0.2) is 0 Å². The van der Waals surface area contributed by atoms with Crippen LogP contribution in [0.4, 0.5) is 0 Å². The first kappa shape index (κ1) is 17.6. The van der Waals surface area contributed by atoms with E-state index in [4.69, 9.17) is 5.26 Å². The van der Waals surface area contributed by atoms with Gasteiger partial charge in [0, 0.05) is 17.0 Å². The lowest BCUT2D eigenvalue weighted by Gasteiger charge is -2.10. The smallest absolute Gasteiger partial charge is 0.306 e. The Hall–Kier alpha value is -4.50. The SMILES string of the molecule is N#Cc1cccc(-c2ccc3c(=O)n(-c4cncc5ccccc45)c(=O)[nH]c3c2)c1. The number of benzene rings is 3. The molecule has 0 spiro atoms. The van der Waals surface area contributed by atoms with Crippen molar-refractivity contribution in [3.8, 4) is 22.9 Å². The molecule has 2 aromatic heterocycles. The van der Waals surface area contributed by atoms with Crippen LogP contribution in [0.15, 0.2) is 88.7 Å². The molecule has 3 aromatic carbocycles. The summed E-state index contributed by atoms with van der Waals surface area (Å²) in [5, 5.41) is 11.1. The summed E-state index contributed by atoms with van der Waals surface area (Å²) in [5.74, 6) is 0. The van der Waals surface area contributed by atoms with Crippen molar-refractivity contribution in [3.05, 3.63) is 106 Å². The van der Waals surface area contributed by atoms with Crippen LogP contribution >= 0.6 is 0 Å². The minimum atomic E-state index is -0.534. The van der Waals surface area contributed by atoms with Gasteiger partial charge in [0.05, 0.1) is 34.4 Å². The summed E-state index contributed by atoms with van der Waals surface area (Å²) in [4.78, 5) is 33.1. The van der Waals surface area contributed by atoms with Crippen molar-refractivity contribution in [2.24, 2.45) is 0 Å². The lowest BCUT2D eigenvalue weighted by Crippen LogP contribution is -2.33. The minimum Gasteiger partial charge on any atom is -0.306 e. The minimum absolute atomic E-state index is 0.391. The van der Waals surface area contributed by atoms with E-state index < -0.39 is 11.2 Å². The first-order chi connectivity index (χ1) is 14.7. The molecule has 0 aliphatic carbocycles. The summed E-state index contributed by atoms with van der Waals surface area (Å²) in [7, 11) is 0. The summed E-state index contributed by atoms with van der Waals surface area (Å²) >= 11 is 0. The van der Waals surface area contributed by atoms with E-state index in [2.05, 4.69) is 16.0 Å². The number of aromatic amines is 1. The molecule has 5 aromatic rings. The van der Waals surface area contributed by atoms with E-state index in [1.165, 1.54) is 6.20 Å². The quantitative estimate of drug-likeness (QED) is 0.497. The molecule has 0 unspecified atom stereocenters. The van der Waals surface area contributed by atoms with Crippen molar-refractivity contribution >= 4 is 21.7 Å². The third-order valence-electron chi connectivity index (χ3n) is 5.11. The Morgan fingerprint density at radius 3 is 2.57 bits per heavy atom. The fraction of sp³-hybridized carbons (Fsp3) is 0. The van der Waals surface area contributed by atoms with Gasteiger partial charge in [-0.15, -0.1) is 0 Å². The van der Waals surface area contributed by atoms with Crippen molar-refractivity contribution in [1.29, 1.82) is 5.26 Å². The second-order valence-corrected chi connectivity index (χ2v) is 6.90.